The number of thioether (sulfide) groups is 1. The number of halogens is 1. The van der Waals surface area contributed by atoms with Crippen molar-refractivity contribution in [2.75, 3.05) is 0 Å². The molecular weight excluding hydrogens is 476 g/mol. The normalized spacial score (nSPS) is 16.3. The summed E-state index contributed by atoms with van der Waals surface area (Å²) in [6, 6.07) is 7.28. The zero-order valence-corrected chi connectivity index (χ0v) is 18.1. The number of aromatic hydroxyl groups is 1. The average molecular weight is 487 g/mol. The van der Waals surface area contributed by atoms with E-state index in [4.69, 9.17) is 9.40 Å². The highest BCUT2D eigenvalue weighted by molar-refractivity contribution is 9.10. The molecule has 6 rings (SSSR count). The number of hydrogen-bond donors (Lipinski definition) is 1. The van der Waals surface area contributed by atoms with Gasteiger partial charge in [0.1, 0.15) is 38.0 Å². The van der Waals surface area contributed by atoms with Crippen molar-refractivity contribution >= 4 is 72.5 Å². The van der Waals surface area contributed by atoms with Gasteiger partial charge < -0.3 is 14.1 Å². The Morgan fingerprint density at radius 2 is 2.07 bits per heavy atom. The molecule has 1 aliphatic rings. The second-order valence-corrected chi connectivity index (χ2v) is 9.22. The van der Waals surface area contributed by atoms with Crippen LogP contribution in [-0.4, -0.2) is 23.4 Å². The van der Waals surface area contributed by atoms with Crippen LogP contribution in [0.3, 0.4) is 0 Å². The summed E-state index contributed by atoms with van der Waals surface area (Å²) in [6.45, 7) is 1.86. The van der Waals surface area contributed by atoms with E-state index in [1.807, 2.05) is 19.1 Å². The number of hydrogen-bond acceptors (Lipinski definition) is 8. The van der Waals surface area contributed by atoms with Crippen molar-refractivity contribution < 1.29 is 9.52 Å². The zero-order valence-electron chi connectivity index (χ0n) is 14.8. The van der Waals surface area contributed by atoms with Gasteiger partial charge in [0, 0.05) is 5.39 Å². The highest BCUT2D eigenvalue weighted by Gasteiger charge is 2.33. The molecule has 1 unspecified atom stereocenters. The van der Waals surface area contributed by atoms with Crippen molar-refractivity contribution in [3.8, 4) is 5.75 Å². The summed E-state index contributed by atoms with van der Waals surface area (Å²) >= 11 is 6.08. The Kier molecular flexibility index (Phi) is 3.63. The highest BCUT2D eigenvalue weighted by atomic mass is 79.9. The van der Waals surface area contributed by atoms with E-state index in [0.717, 1.165) is 50.6 Å². The summed E-state index contributed by atoms with van der Waals surface area (Å²) in [5.41, 5.74) is 4.60. The average Bonchev–Trinajstić information content (AvgIpc) is 3.40. The predicted octanol–water partition coefficient (Wildman–Crippen LogP) is 4.72. The second-order valence-electron chi connectivity index (χ2n) is 6.83. The topological polar surface area (TPSA) is 94.0 Å². The molecule has 0 spiro atoms. The number of rotatable bonds is 1. The first-order chi connectivity index (χ1) is 14.0. The van der Waals surface area contributed by atoms with Gasteiger partial charge in [-0.05, 0) is 52.7 Å². The number of benzene rings is 2. The largest absolute Gasteiger partial charge is 0.507 e. The van der Waals surface area contributed by atoms with Gasteiger partial charge in [-0.15, -0.1) is 11.8 Å². The van der Waals surface area contributed by atoms with Crippen molar-refractivity contribution in [1.29, 1.82) is 0 Å². The van der Waals surface area contributed by atoms with Crippen LogP contribution in [0.1, 0.15) is 22.3 Å². The fraction of sp³-hybridized carbons (Fsp3) is 0.158. The molecule has 10 heteroatoms. The number of phenolic OH excluding ortho intramolecular Hbond substituents is 1. The first-order valence-electron chi connectivity index (χ1n) is 8.73. The quantitative estimate of drug-likeness (QED) is 0.342. The second kappa shape index (κ2) is 6.04. The Balaban J connectivity index is 1.71. The minimum atomic E-state index is -0.466. The van der Waals surface area contributed by atoms with Gasteiger partial charge in [0.25, 0.3) is 0 Å². The van der Waals surface area contributed by atoms with Crippen LogP contribution in [0.25, 0.3) is 33.0 Å². The van der Waals surface area contributed by atoms with Crippen LogP contribution in [0.15, 0.2) is 37.9 Å². The van der Waals surface area contributed by atoms with Crippen LogP contribution in [0.4, 0.5) is 0 Å². The van der Waals surface area contributed by atoms with E-state index in [-0.39, 0.29) is 11.1 Å². The summed E-state index contributed by atoms with van der Waals surface area (Å²) in [5.74, 6) is 1.65. The van der Waals surface area contributed by atoms with Crippen LogP contribution in [-0.2, 0) is 5.75 Å². The van der Waals surface area contributed by atoms with E-state index in [2.05, 4.69) is 29.2 Å². The first-order valence-corrected chi connectivity index (χ1v) is 11.3. The Labute approximate surface area is 179 Å². The van der Waals surface area contributed by atoms with Gasteiger partial charge in [-0.25, -0.2) is 9.78 Å². The van der Waals surface area contributed by atoms with Crippen LogP contribution in [0.5, 0.6) is 5.75 Å². The molecule has 0 fully saturated rings. The summed E-state index contributed by atoms with van der Waals surface area (Å²) in [5, 5.41) is 11.3. The molecule has 4 heterocycles. The molecule has 0 bridgehead atoms. The molecule has 0 amide bonds. The fourth-order valence-electron chi connectivity index (χ4n) is 3.91. The molecule has 1 aliphatic heterocycles. The van der Waals surface area contributed by atoms with E-state index in [0.29, 0.717) is 21.4 Å². The van der Waals surface area contributed by atoms with Gasteiger partial charge in [0.05, 0.1) is 34.1 Å². The maximum Gasteiger partial charge on any atom is 0.350 e. The maximum absolute atomic E-state index is 12.3. The molecule has 5 aromatic rings. The van der Waals surface area contributed by atoms with E-state index in [1.54, 1.807) is 23.9 Å². The number of aromatic nitrogens is 4. The lowest BCUT2D eigenvalue weighted by molar-refractivity contribution is 0.462. The SMILES string of the molecule is Cc1c(Br)c(=O)oc2c(C3SCc4nc5ccc6nsnc6c5n43)c(O)ccc12. The monoisotopic (exact) mass is 486 g/mol. The van der Waals surface area contributed by atoms with Crippen LogP contribution < -0.4 is 5.63 Å². The van der Waals surface area contributed by atoms with E-state index in [1.165, 1.54) is 0 Å². The Morgan fingerprint density at radius 1 is 1.24 bits per heavy atom. The van der Waals surface area contributed by atoms with Crippen molar-refractivity contribution in [3.05, 3.63) is 56.1 Å². The molecule has 7 nitrogen and oxygen atoms in total. The molecule has 1 atom stereocenters. The summed E-state index contributed by atoms with van der Waals surface area (Å²) in [7, 11) is 0. The van der Waals surface area contributed by atoms with Gasteiger partial charge in [0.2, 0.25) is 0 Å². The number of aryl methyl sites for hydroxylation is 1. The van der Waals surface area contributed by atoms with Crippen molar-refractivity contribution in [3.63, 3.8) is 0 Å². The van der Waals surface area contributed by atoms with E-state index in [9.17, 15) is 9.90 Å². The van der Waals surface area contributed by atoms with Gasteiger partial charge in [-0.1, -0.05) is 0 Å². The number of imidazole rings is 1. The van der Waals surface area contributed by atoms with Crippen LogP contribution in [0, 0.1) is 6.92 Å². The Bertz CT molecular complexity index is 1540. The lowest BCUT2D eigenvalue weighted by Crippen LogP contribution is -2.08. The Hall–Kier alpha value is -2.43. The first kappa shape index (κ1) is 17.4. The van der Waals surface area contributed by atoms with Crippen molar-refractivity contribution in [2.45, 2.75) is 18.1 Å². The molecular formula is C19H11BrN4O3S2. The van der Waals surface area contributed by atoms with Gasteiger partial charge >= 0.3 is 5.63 Å². The maximum atomic E-state index is 12.3. The van der Waals surface area contributed by atoms with Crippen LogP contribution in [0.2, 0.25) is 0 Å². The summed E-state index contributed by atoms with van der Waals surface area (Å²) < 4.78 is 16.9. The van der Waals surface area contributed by atoms with Gasteiger partial charge in [-0.3, -0.25) is 0 Å². The third-order valence-corrected chi connectivity index (χ3v) is 7.93. The number of fused-ring (bicyclic) bond motifs is 6. The molecule has 0 saturated heterocycles. The van der Waals surface area contributed by atoms with Crippen molar-refractivity contribution in [1.82, 2.24) is 18.3 Å². The number of phenols is 1. The lowest BCUT2D eigenvalue weighted by Gasteiger charge is -2.17. The molecule has 0 saturated carbocycles. The molecule has 29 heavy (non-hydrogen) atoms. The third-order valence-electron chi connectivity index (χ3n) is 5.28. The van der Waals surface area contributed by atoms with Crippen LogP contribution >= 0.6 is 39.4 Å². The van der Waals surface area contributed by atoms with E-state index < -0.39 is 5.63 Å². The molecule has 0 aliphatic carbocycles. The zero-order chi connectivity index (χ0) is 19.9. The summed E-state index contributed by atoms with van der Waals surface area (Å²) in [4.78, 5) is 17.1. The highest BCUT2D eigenvalue weighted by Crippen LogP contribution is 2.48. The lowest BCUT2D eigenvalue weighted by atomic mass is 10.1. The molecule has 2 aromatic carbocycles. The molecule has 3 aromatic heterocycles. The smallest absolute Gasteiger partial charge is 0.350 e. The third kappa shape index (κ3) is 2.30. The fourth-order valence-corrected chi connectivity index (χ4v) is 6.03. The summed E-state index contributed by atoms with van der Waals surface area (Å²) in [6.07, 6.45) is 0. The minimum Gasteiger partial charge on any atom is -0.507 e. The Morgan fingerprint density at radius 3 is 2.93 bits per heavy atom. The van der Waals surface area contributed by atoms with Gasteiger partial charge in [-0.2, -0.15) is 8.75 Å². The predicted molar refractivity (Wildman–Crippen MR) is 117 cm³/mol. The number of nitrogens with zero attached hydrogens (tertiary/aromatic N) is 4. The van der Waals surface area contributed by atoms with Crippen molar-refractivity contribution in [2.24, 2.45) is 0 Å². The standard InChI is InChI=1S/C19H11BrN4O3S2/c1-7-8-2-5-11(25)13(17(8)27-19(26)14(7)20)18-24-12(6-28-18)21-10-4-3-9-15(16(10)24)23-29-22-9/h2-5,18,25H,6H2,1H3. The minimum absolute atomic E-state index is 0.0816. The molecule has 1 N–H and O–H groups in total. The molecule has 144 valence electrons. The van der Waals surface area contributed by atoms with Gasteiger partial charge in [0.15, 0.2) is 0 Å². The van der Waals surface area contributed by atoms with E-state index >= 15 is 0 Å². The molecule has 0 radical (unpaired) electrons.